The summed E-state index contributed by atoms with van der Waals surface area (Å²) in [5.41, 5.74) is 8.53. The maximum Gasteiger partial charge on any atom is 0.226 e. The van der Waals surface area contributed by atoms with Crippen LogP contribution in [0, 0.1) is 11.8 Å². The van der Waals surface area contributed by atoms with Crippen LogP contribution in [0.25, 0.3) is 0 Å². The zero-order valence-corrected chi connectivity index (χ0v) is 19.0. The van der Waals surface area contributed by atoms with Crippen LogP contribution in [0.2, 0.25) is 0 Å². The number of hydrogen-bond acceptors (Lipinski definition) is 3. The molecule has 2 atom stereocenters. The van der Waals surface area contributed by atoms with Gasteiger partial charge in [0.05, 0.1) is 6.04 Å². The van der Waals surface area contributed by atoms with Crippen LogP contribution in [0.5, 0.6) is 0 Å². The molecular formula is C24H33Cl2N3O. The van der Waals surface area contributed by atoms with E-state index in [4.69, 9.17) is 5.73 Å². The Hall–Kier alpha value is -1.59. The van der Waals surface area contributed by atoms with E-state index in [2.05, 4.69) is 70.5 Å². The highest BCUT2D eigenvalue weighted by atomic mass is 35.5. The molecule has 0 spiro atoms. The first kappa shape index (κ1) is 24.7. The zero-order valence-electron chi connectivity index (χ0n) is 17.4. The fourth-order valence-electron chi connectivity index (χ4n) is 4.96. The zero-order chi connectivity index (χ0) is 19.3. The Morgan fingerprint density at radius 3 is 1.90 bits per heavy atom. The fraction of sp³-hybridized carbons (Fsp3) is 0.458. The first-order chi connectivity index (χ1) is 13.8. The quantitative estimate of drug-likeness (QED) is 0.745. The third kappa shape index (κ3) is 5.36. The molecule has 1 aliphatic heterocycles. The molecule has 2 N–H and O–H groups in total. The normalized spacial score (nSPS) is 21.7. The van der Waals surface area contributed by atoms with Crippen molar-refractivity contribution in [3.05, 3.63) is 71.8 Å². The molecule has 2 aromatic rings. The van der Waals surface area contributed by atoms with Gasteiger partial charge >= 0.3 is 0 Å². The summed E-state index contributed by atoms with van der Waals surface area (Å²) in [6, 6.07) is 21.6. The van der Waals surface area contributed by atoms with Crippen molar-refractivity contribution in [2.45, 2.75) is 25.3 Å². The maximum atomic E-state index is 13.0. The summed E-state index contributed by atoms with van der Waals surface area (Å²) in [4.78, 5) is 17.6. The molecule has 4 nitrogen and oxygen atoms in total. The summed E-state index contributed by atoms with van der Waals surface area (Å²) in [5, 5.41) is 0. The third-order valence-corrected chi connectivity index (χ3v) is 6.50. The number of halogens is 2. The van der Waals surface area contributed by atoms with Crippen LogP contribution >= 0.6 is 24.8 Å². The molecule has 1 amide bonds. The van der Waals surface area contributed by atoms with Gasteiger partial charge in [-0.2, -0.15) is 0 Å². The highest BCUT2D eigenvalue weighted by molar-refractivity contribution is 5.85. The molecule has 4 rings (SSSR count). The summed E-state index contributed by atoms with van der Waals surface area (Å²) in [7, 11) is 0. The number of rotatable bonds is 5. The van der Waals surface area contributed by atoms with Gasteiger partial charge in [0.25, 0.3) is 0 Å². The second-order valence-electron chi connectivity index (χ2n) is 8.12. The van der Waals surface area contributed by atoms with Crippen molar-refractivity contribution in [2.75, 3.05) is 32.7 Å². The number of carbonyl (C=O) groups excluding carboxylic acids is 1. The van der Waals surface area contributed by atoms with E-state index in [1.165, 1.54) is 11.1 Å². The molecule has 2 aliphatic rings. The monoisotopic (exact) mass is 449 g/mol. The Morgan fingerprint density at radius 1 is 0.867 bits per heavy atom. The van der Waals surface area contributed by atoms with Gasteiger partial charge < -0.3 is 10.6 Å². The molecule has 6 heteroatoms. The summed E-state index contributed by atoms with van der Waals surface area (Å²) < 4.78 is 0. The van der Waals surface area contributed by atoms with Crippen molar-refractivity contribution in [2.24, 2.45) is 17.6 Å². The fourth-order valence-corrected chi connectivity index (χ4v) is 4.96. The van der Waals surface area contributed by atoms with E-state index >= 15 is 0 Å². The number of benzene rings is 2. The minimum atomic E-state index is 0. The van der Waals surface area contributed by atoms with Gasteiger partial charge in [-0.25, -0.2) is 0 Å². The minimum Gasteiger partial charge on any atom is -0.340 e. The smallest absolute Gasteiger partial charge is 0.226 e. The van der Waals surface area contributed by atoms with Gasteiger partial charge in [-0.3, -0.25) is 9.69 Å². The Kier molecular flexibility index (Phi) is 9.63. The Morgan fingerprint density at radius 2 is 1.40 bits per heavy atom. The van der Waals surface area contributed by atoms with Gasteiger partial charge in [-0.1, -0.05) is 67.1 Å². The van der Waals surface area contributed by atoms with Gasteiger partial charge in [-0.15, -0.1) is 24.8 Å². The van der Waals surface area contributed by atoms with Crippen LogP contribution in [0.15, 0.2) is 60.7 Å². The van der Waals surface area contributed by atoms with Crippen molar-refractivity contribution in [1.29, 1.82) is 0 Å². The molecule has 1 heterocycles. The summed E-state index contributed by atoms with van der Waals surface area (Å²) >= 11 is 0. The van der Waals surface area contributed by atoms with Gasteiger partial charge in [0.1, 0.15) is 0 Å². The Bertz CT molecular complexity index is 727. The van der Waals surface area contributed by atoms with Crippen molar-refractivity contribution < 1.29 is 4.79 Å². The number of nitrogens with zero attached hydrogens (tertiary/aromatic N) is 2. The van der Waals surface area contributed by atoms with Crippen LogP contribution < -0.4 is 5.73 Å². The van der Waals surface area contributed by atoms with E-state index in [9.17, 15) is 4.79 Å². The Labute approximate surface area is 192 Å². The van der Waals surface area contributed by atoms with E-state index in [0.29, 0.717) is 18.4 Å². The Balaban J connectivity index is 0.00000160. The van der Waals surface area contributed by atoms with Gasteiger partial charge in [0, 0.05) is 32.1 Å². The van der Waals surface area contributed by atoms with Gasteiger partial charge in [0.2, 0.25) is 5.91 Å². The summed E-state index contributed by atoms with van der Waals surface area (Å²) in [6.07, 6.45) is 3.26. The van der Waals surface area contributed by atoms with Crippen molar-refractivity contribution in [3.63, 3.8) is 0 Å². The average Bonchev–Trinajstić information content (AvgIpc) is 3.24. The second-order valence-corrected chi connectivity index (χ2v) is 8.12. The van der Waals surface area contributed by atoms with E-state index in [-0.39, 0.29) is 36.8 Å². The topological polar surface area (TPSA) is 49.6 Å². The molecule has 2 fully saturated rings. The van der Waals surface area contributed by atoms with Crippen molar-refractivity contribution in [1.82, 2.24) is 9.80 Å². The van der Waals surface area contributed by atoms with Crippen LogP contribution in [0.4, 0.5) is 0 Å². The molecule has 1 saturated heterocycles. The maximum absolute atomic E-state index is 13.0. The SMILES string of the molecule is Cl.Cl.NC[C@H]1CCC[C@H]1C(=O)N1CCN(C(c2ccccc2)c2ccccc2)CC1. The molecule has 0 radical (unpaired) electrons. The van der Waals surface area contributed by atoms with Crippen LogP contribution in [-0.2, 0) is 4.79 Å². The first-order valence-corrected chi connectivity index (χ1v) is 10.6. The molecular weight excluding hydrogens is 417 g/mol. The summed E-state index contributed by atoms with van der Waals surface area (Å²) in [6.45, 7) is 4.06. The largest absolute Gasteiger partial charge is 0.340 e. The van der Waals surface area contributed by atoms with Crippen LogP contribution in [0.1, 0.15) is 36.4 Å². The van der Waals surface area contributed by atoms with Crippen molar-refractivity contribution >= 4 is 30.7 Å². The lowest BCUT2D eigenvalue weighted by atomic mass is 9.94. The molecule has 164 valence electrons. The lowest BCUT2D eigenvalue weighted by Gasteiger charge is -2.41. The molecule has 2 aromatic carbocycles. The molecule has 1 aliphatic carbocycles. The van der Waals surface area contributed by atoms with Crippen LogP contribution in [-0.4, -0.2) is 48.4 Å². The average molecular weight is 450 g/mol. The van der Waals surface area contributed by atoms with E-state index in [1.54, 1.807) is 0 Å². The standard InChI is InChI=1S/C24H31N3O.2ClH/c25-18-21-12-7-13-22(21)24(28)27-16-14-26(15-17-27)23(19-8-3-1-4-9-19)20-10-5-2-6-11-20;;/h1-6,8-11,21-23H,7,12-18,25H2;2*1H/t21-,22-;;/m1../s1. The number of nitrogens with two attached hydrogens (primary N) is 1. The summed E-state index contributed by atoms with van der Waals surface area (Å²) in [5.74, 6) is 0.867. The molecule has 30 heavy (non-hydrogen) atoms. The second kappa shape index (κ2) is 11.7. The highest BCUT2D eigenvalue weighted by Gasteiger charge is 2.36. The number of hydrogen-bond donors (Lipinski definition) is 1. The molecule has 1 saturated carbocycles. The third-order valence-electron chi connectivity index (χ3n) is 6.50. The predicted molar refractivity (Wildman–Crippen MR) is 127 cm³/mol. The van der Waals surface area contributed by atoms with Crippen molar-refractivity contribution in [3.8, 4) is 0 Å². The lowest BCUT2D eigenvalue weighted by Crippen LogP contribution is -2.51. The number of piperazine rings is 1. The number of carbonyl (C=O) groups is 1. The minimum absolute atomic E-state index is 0. The van der Waals surface area contributed by atoms with Gasteiger partial charge in [0.15, 0.2) is 0 Å². The van der Waals surface area contributed by atoms with E-state index in [1.807, 2.05) is 0 Å². The molecule has 0 aromatic heterocycles. The first-order valence-electron chi connectivity index (χ1n) is 10.6. The predicted octanol–water partition coefficient (Wildman–Crippen LogP) is 4.14. The van der Waals surface area contributed by atoms with E-state index < -0.39 is 0 Å². The lowest BCUT2D eigenvalue weighted by molar-refractivity contribution is -0.138. The van der Waals surface area contributed by atoms with Gasteiger partial charge in [-0.05, 0) is 36.4 Å². The highest BCUT2D eigenvalue weighted by Crippen LogP contribution is 2.34. The molecule has 0 bridgehead atoms. The van der Waals surface area contributed by atoms with E-state index in [0.717, 1.165) is 45.4 Å². The van der Waals surface area contributed by atoms with Crippen LogP contribution in [0.3, 0.4) is 0 Å². The number of amides is 1. The molecule has 0 unspecified atom stereocenters.